The molecule has 2 amide bonds. The summed E-state index contributed by atoms with van der Waals surface area (Å²) in [4.78, 5) is 35.9. The van der Waals surface area contributed by atoms with Gasteiger partial charge in [-0.15, -0.1) is 0 Å². The number of carbonyl (C=O) groups excluding carboxylic acids is 3. The predicted octanol–water partition coefficient (Wildman–Crippen LogP) is 2.88. The number of alkyl carbamates (subject to hydrolysis) is 1. The number of methoxy groups -OCH3 is 1. The van der Waals surface area contributed by atoms with Crippen LogP contribution in [0.4, 0.5) is 4.79 Å². The summed E-state index contributed by atoms with van der Waals surface area (Å²) >= 11 is 3.84. The molecule has 0 fully saturated rings. The molecule has 0 aliphatic carbocycles. The molecule has 0 radical (unpaired) electrons. The van der Waals surface area contributed by atoms with Crippen molar-refractivity contribution in [3.05, 3.63) is 65.7 Å². The standard InChI is InChI=1S/C21H23NO7S/c1-27-17(11-12-28-18(24)13-30)19(14-7-9-16(23)10-8-14)29-21(26)22-20(25)15-5-3-2-4-6-15/h2-10,17,19,23,30H,11-13H2,1H3,(H,22,25,26)/t17-,19-/m1/s1. The highest BCUT2D eigenvalue weighted by Gasteiger charge is 2.28. The Bertz CT molecular complexity index is 842. The monoisotopic (exact) mass is 433 g/mol. The molecule has 2 rings (SSSR count). The molecule has 2 aromatic rings. The molecule has 2 N–H and O–H groups in total. The number of esters is 1. The molecule has 8 nitrogen and oxygen atoms in total. The number of imide groups is 1. The lowest BCUT2D eigenvalue weighted by Crippen LogP contribution is -2.35. The minimum Gasteiger partial charge on any atom is -0.508 e. The van der Waals surface area contributed by atoms with Crippen LogP contribution in [0.2, 0.25) is 0 Å². The van der Waals surface area contributed by atoms with E-state index >= 15 is 0 Å². The van der Waals surface area contributed by atoms with Crippen LogP contribution in [0.3, 0.4) is 0 Å². The Kier molecular flexibility index (Phi) is 9.17. The van der Waals surface area contributed by atoms with Gasteiger partial charge in [0.1, 0.15) is 11.9 Å². The van der Waals surface area contributed by atoms with Gasteiger partial charge in [-0.1, -0.05) is 30.3 Å². The minimum absolute atomic E-state index is 0.0282. The number of aromatic hydroxyl groups is 1. The number of phenols is 1. The second kappa shape index (κ2) is 11.8. The van der Waals surface area contributed by atoms with Crippen LogP contribution in [0.5, 0.6) is 5.75 Å². The zero-order valence-electron chi connectivity index (χ0n) is 16.3. The Morgan fingerprint density at radius 2 is 1.73 bits per heavy atom. The Balaban J connectivity index is 2.11. The van der Waals surface area contributed by atoms with Crippen LogP contribution < -0.4 is 5.32 Å². The van der Waals surface area contributed by atoms with E-state index in [1.54, 1.807) is 42.5 Å². The number of hydrogen-bond acceptors (Lipinski definition) is 8. The molecule has 0 saturated heterocycles. The summed E-state index contributed by atoms with van der Waals surface area (Å²) in [6.07, 6.45) is -2.34. The number of benzene rings is 2. The van der Waals surface area contributed by atoms with Gasteiger partial charge in [0.05, 0.1) is 12.4 Å². The summed E-state index contributed by atoms with van der Waals surface area (Å²) in [5.74, 6) is -1.11. The van der Waals surface area contributed by atoms with Crippen molar-refractivity contribution in [2.75, 3.05) is 19.5 Å². The molecular weight excluding hydrogens is 410 g/mol. The average Bonchev–Trinajstić information content (AvgIpc) is 2.76. The van der Waals surface area contributed by atoms with E-state index in [1.807, 2.05) is 0 Å². The van der Waals surface area contributed by atoms with Gasteiger partial charge in [-0.2, -0.15) is 12.6 Å². The van der Waals surface area contributed by atoms with Crippen LogP contribution in [0.25, 0.3) is 0 Å². The normalized spacial score (nSPS) is 12.5. The predicted molar refractivity (Wildman–Crippen MR) is 111 cm³/mol. The van der Waals surface area contributed by atoms with Crippen molar-refractivity contribution in [3.63, 3.8) is 0 Å². The van der Waals surface area contributed by atoms with Crippen molar-refractivity contribution >= 4 is 30.6 Å². The summed E-state index contributed by atoms with van der Waals surface area (Å²) in [7, 11) is 1.43. The molecule has 0 spiro atoms. The number of amides is 2. The quantitative estimate of drug-likeness (QED) is 0.412. The van der Waals surface area contributed by atoms with E-state index in [9.17, 15) is 19.5 Å². The number of nitrogens with one attached hydrogen (secondary N) is 1. The molecule has 0 aliphatic heterocycles. The first-order chi connectivity index (χ1) is 14.4. The van der Waals surface area contributed by atoms with Crippen molar-refractivity contribution in [1.82, 2.24) is 5.32 Å². The molecule has 0 saturated carbocycles. The molecule has 0 heterocycles. The largest absolute Gasteiger partial charge is 0.508 e. The third kappa shape index (κ3) is 7.09. The first kappa shape index (κ1) is 23.2. The van der Waals surface area contributed by atoms with Crippen LogP contribution in [0.1, 0.15) is 28.4 Å². The average molecular weight is 433 g/mol. The fourth-order valence-corrected chi connectivity index (χ4v) is 2.74. The number of phenolic OH excluding ortho intramolecular Hbond substituents is 1. The fourth-order valence-electron chi connectivity index (χ4n) is 2.65. The molecule has 30 heavy (non-hydrogen) atoms. The SMILES string of the molecule is CO[C@H](CCOC(=O)CS)[C@H](OC(=O)NC(=O)c1ccccc1)c1ccc(O)cc1. The van der Waals surface area contributed by atoms with Crippen molar-refractivity contribution in [3.8, 4) is 5.75 Å². The topological polar surface area (TPSA) is 111 Å². The van der Waals surface area contributed by atoms with Gasteiger partial charge < -0.3 is 19.3 Å². The van der Waals surface area contributed by atoms with Gasteiger partial charge >= 0.3 is 12.1 Å². The number of carbonyl (C=O) groups is 3. The third-order valence-corrected chi connectivity index (χ3v) is 4.40. The highest BCUT2D eigenvalue weighted by molar-refractivity contribution is 7.81. The molecule has 0 unspecified atom stereocenters. The molecule has 2 aromatic carbocycles. The van der Waals surface area contributed by atoms with Gasteiger partial charge in [0, 0.05) is 19.1 Å². The molecule has 160 valence electrons. The van der Waals surface area contributed by atoms with Crippen molar-refractivity contribution in [2.45, 2.75) is 18.6 Å². The van der Waals surface area contributed by atoms with E-state index in [2.05, 4.69) is 17.9 Å². The Labute approximate surface area is 179 Å². The van der Waals surface area contributed by atoms with Crippen molar-refractivity contribution in [1.29, 1.82) is 0 Å². The molecule has 2 atom stereocenters. The Morgan fingerprint density at radius 1 is 1.07 bits per heavy atom. The van der Waals surface area contributed by atoms with Crippen LogP contribution in [0, 0.1) is 0 Å². The summed E-state index contributed by atoms with van der Waals surface area (Å²) in [5.41, 5.74) is 0.833. The second-order valence-electron chi connectivity index (χ2n) is 6.18. The second-order valence-corrected chi connectivity index (χ2v) is 6.50. The van der Waals surface area contributed by atoms with E-state index in [4.69, 9.17) is 14.2 Å². The first-order valence-electron chi connectivity index (χ1n) is 9.09. The maximum atomic E-state index is 12.4. The lowest BCUT2D eigenvalue weighted by Gasteiger charge is -2.26. The summed E-state index contributed by atoms with van der Waals surface area (Å²) in [6, 6.07) is 14.2. The highest BCUT2D eigenvalue weighted by Crippen LogP contribution is 2.27. The highest BCUT2D eigenvalue weighted by atomic mass is 32.1. The third-order valence-electron chi connectivity index (χ3n) is 4.14. The van der Waals surface area contributed by atoms with Crippen LogP contribution >= 0.6 is 12.6 Å². The van der Waals surface area contributed by atoms with Crippen LogP contribution in [0.15, 0.2) is 54.6 Å². The van der Waals surface area contributed by atoms with Gasteiger partial charge in [0.2, 0.25) is 0 Å². The lowest BCUT2D eigenvalue weighted by atomic mass is 10.0. The number of rotatable bonds is 9. The summed E-state index contributed by atoms with van der Waals surface area (Å²) in [5, 5.41) is 11.7. The van der Waals surface area contributed by atoms with Gasteiger partial charge in [-0.25, -0.2) is 4.79 Å². The Morgan fingerprint density at radius 3 is 2.33 bits per heavy atom. The lowest BCUT2D eigenvalue weighted by molar-refractivity contribution is -0.141. The number of ether oxygens (including phenoxy) is 3. The van der Waals surface area contributed by atoms with E-state index < -0.39 is 30.2 Å². The zero-order chi connectivity index (χ0) is 21.9. The Hall–Kier alpha value is -3.04. The van der Waals surface area contributed by atoms with Gasteiger partial charge in [-0.05, 0) is 29.8 Å². The van der Waals surface area contributed by atoms with Gasteiger partial charge in [-0.3, -0.25) is 14.9 Å². The van der Waals surface area contributed by atoms with Gasteiger partial charge in [0.25, 0.3) is 5.91 Å². The molecule has 9 heteroatoms. The number of hydrogen-bond donors (Lipinski definition) is 3. The van der Waals surface area contributed by atoms with E-state index in [1.165, 1.54) is 19.2 Å². The van der Waals surface area contributed by atoms with Crippen molar-refractivity contribution in [2.24, 2.45) is 0 Å². The molecular formula is C21H23NO7S. The maximum Gasteiger partial charge on any atom is 0.414 e. The molecule has 0 aliphatic rings. The minimum atomic E-state index is -0.962. The molecule has 0 aromatic heterocycles. The summed E-state index contributed by atoms with van der Waals surface area (Å²) in [6.45, 7) is 0.0282. The fraction of sp³-hybridized carbons (Fsp3) is 0.286. The first-order valence-corrected chi connectivity index (χ1v) is 9.73. The van der Waals surface area contributed by atoms with E-state index in [-0.39, 0.29) is 24.5 Å². The van der Waals surface area contributed by atoms with Crippen LogP contribution in [-0.4, -0.2) is 48.6 Å². The summed E-state index contributed by atoms with van der Waals surface area (Å²) < 4.78 is 15.9. The smallest absolute Gasteiger partial charge is 0.414 e. The molecule has 0 bridgehead atoms. The van der Waals surface area contributed by atoms with E-state index in [0.29, 0.717) is 11.1 Å². The number of thiol groups is 1. The zero-order valence-corrected chi connectivity index (χ0v) is 17.2. The van der Waals surface area contributed by atoms with Gasteiger partial charge in [0.15, 0.2) is 6.10 Å². The maximum absolute atomic E-state index is 12.4. The van der Waals surface area contributed by atoms with E-state index in [0.717, 1.165) is 0 Å². The van der Waals surface area contributed by atoms with Crippen LogP contribution in [-0.2, 0) is 19.0 Å². The van der Waals surface area contributed by atoms with Crippen molar-refractivity contribution < 1.29 is 33.7 Å².